The van der Waals surface area contributed by atoms with E-state index in [-0.39, 0.29) is 55.7 Å². The third kappa shape index (κ3) is 5.74. The fourth-order valence-electron chi connectivity index (χ4n) is 3.41. The van der Waals surface area contributed by atoms with Gasteiger partial charge in [-0.15, -0.1) is 0 Å². The molecule has 1 saturated heterocycles. The van der Waals surface area contributed by atoms with Gasteiger partial charge in [0.05, 0.1) is 12.3 Å². The second-order valence-corrected chi connectivity index (χ2v) is 9.78. The van der Waals surface area contributed by atoms with Gasteiger partial charge in [-0.1, -0.05) is 24.0 Å². The Labute approximate surface area is 177 Å². The molecule has 1 N–H and O–H groups in total. The van der Waals surface area contributed by atoms with Gasteiger partial charge in [0.15, 0.2) is 11.5 Å². The van der Waals surface area contributed by atoms with Gasteiger partial charge >= 0.3 is 0 Å². The maximum Gasteiger partial charge on any atom is 0.229 e. The highest BCUT2D eigenvalue weighted by Gasteiger charge is 2.32. The van der Waals surface area contributed by atoms with E-state index >= 15 is 0 Å². The first-order valence-electron chi connectivity index (χ1n) is 9.87. The fourth-order valence-corrected chi connectivity index (χ4v) is 4.27. The summed E-state index contributed by atoms with van der Waals surface area (Å²) in [5.41, 5.74) is 0.818. The van der Waals surface area contributed by atoms with Gasteiger partial charge in [0.25, 0.3) is 0 Å². The number of benzene rings is 1. The predicted octanol–water partition coefficient (Wildman–Crippen LogP) is 1.24. The fraction of sp³-hybridized carbons (Fsp3) is 0.524. The number of ether oxygens (including phenoxy) is 2. The average molecular weight is 435 g/mol. The molecule has 1 aromatic carbocycles. The summed E-state index contributed by atoms with van der Waals surface area (Å²) in [6.45, 7) is 3.90. The third-order valence-electron chi connectivity index (χ3n) is 4.83. The number of carbonyl (C=O) groups excluding carboxylic acids is 2. The molecule has 0 radical (unpaired) electrons. The Kier molecular flexibility index (Phi) is 6.68. The van der Waals surface area contributed by atoms with Crippen LogP contribution in [-0.4, -0.2) is 56.2 Å². The second-order valence-electron chi connectivity index (χ2n) is 7.86. The van der Waals surface area contributed by atoms with Crippen LogP contribution in [0.2, 0.25) is 0 Å². The number of piperidine rings is 1. The van der Waals surface area contributed by atoms with Gasteiger partial charge in [-0.25, -0.2) is 13.1 Å². The summed E-state index contributed by atoms with van der Waals surface area (Å²) < 4.78 is 38.0. The van der Waals surface area contributed by atoms with E-state index in [4.69, 9.17) is 9.47 Å². The molecule has 0 atom stereocenters. The average Bonchev–Trinajstić information content (AvgIpc) is 2.98. The number of para-hydroxylation sites is 1. The van der Waals surface area contributed by atoms with Gasteiger partial charge in [0.2, 0.25) is 21.8 Å². The van der Waals surface area contributed by atoms with Crippen molar-refractivity contribution in [2.45, 2.75) is 45.1 Å². The molecule has 2 aliphatic rings. The minimum atomic E-state index is -3.65. The number of carbonyl (C=O) groups is 2. The van der Waals surface area contributed by atoms with E-state index in [1.807, 2.05) is 32.0 Å². The molecule has 30 heavy (non-hydrogen) atoms. The Morgan fingerprint density at radius 3 is 2.67 bits per heavy atom. The molecular weight excluding hydrogens is 408 g/mol. The van der Waals surface area contributed by atoms with Gasteiger partial charge < -0.3 is 9.47 Å². The van der Waals surface area contributed by atoms with Crippen LogP contribution >= 0.6 is 0 Å². The molecule has 2 heterocycles. The zero-order valence-electron chi connectivity index (χ0n) is 17.2. The number of hydrogen-bond donors (Lipinski definition) is 1. The van der Waals surface area contributed by atoms with E-state index in [1.165, 1.54) is 0 Å². The highest BCUT2D eigenvalue weighted by molar-refractivity contribution is 7.89. The number of likely N-dealkylation sites (tertiary alicyclic amines) is 1. The van der Waals surface area contributed by atoms with E-state index in [1.54, 1.807) is 0 Å². The van der Waals surface area contributed by atoms with Crippen molar-refractivity contribution in [1.82, 2.24) is 9.62 Å². The molecule has 0 saturated carbocycles. The predicted molar refractivity (Wildman–Crippen MR) is 110 cm³/mol. The number of imide groups is 1. The Morgan fingerprint density at radius 2 is 1.93 bits per heavy atom. The first-order valence-corrected chi connectivity index (χ1v) is 11.5. The number of hydrogen-bond acceptors (Lipinski definition) is 6. The van der Waals surface area contributed by atoms with E-state index in [9.17, 15) is 18.0 Å². The van der Waals surface area contributed by atoms with Gasteiger partial charge in [-0.05, 0) is 26.3 Å². The molecule has 3 rings (SSSR count). The van der Waals surface area contributed by atoms with Crippen LogP contribution in [0, 0.1) is 11.8 Å². The largest absolute Gasteiger partial charge is 0.483 e. The van der Waals surface area contributed by atoms with Crippen LogP contribution in [0.25, 0.3) is 0 Å². The maximum absolute atomic E-state index is 12.1. The normalized spacial score (nSPS) is 17.7. The van der Waals surface area contributed by atoms with Crippen molar-refractivity contribution in [3.05, 3.63) is 23.8 Å². The number of nitrogens with zero attached hydrogens (tertiary/aromatic N) is 1. The lowest BCUT2D eigenvalue weighted by atomic mass is 10.0. The van der Waals surface area contributed by atoms with Crippen LogP contribution in [-0.2, 0) is 26.0 Å². The summed E-state index contributed by atoms with van der Waals surface area (Å²) in [5, 5.41) is 0. The molecule has 0 aromatic heterocycles. The van der Waals surface area contributed by atoms with Crippen LogP contribution in [0.4, 0.5) is 0 Å². The van der Waals surface area contributed by atoms with Crippen LogP contribution in [0.15, 0.2) is 18.2 Å². The van der Waals surface area contributed by atoms with Crippen molar-refractivity contribution < 1.29 is 27.5 Å². The lowest BCUT2D eigenvalue weighted by Crippen LogP contribution is -2.44. The SMILES string of the molecule is CC1(C)Cc2cccc(OCC#CCNS(=O)(=O)CCN3C(=O)CCCC3=O)c2O1. The van der Waals surface area contributed by atoms with E-state index in [0.717, 1.165) is 22.6 Å². The molecule has 2 amide bonds. The van der Waals surface area contributed by atoms with E-state index < -0.39 is 10.0 Å². The van der Waals surface area contributed by atoms with Gasteiger partial charge in [-0.2, -0.15) is 0 Å². The molecule has 162 valence electrons. The Bertz CT molecular complexity index is 974. The maximum atomic E-state index is 12.1. The zero-order valence-corrected chi connectivity index (χ0v) is 18.0. The molecule has 1 fully saturated rings. The summed E-state index contributed by atoms with van der Waals surface area (Å²) in [5.74, 6) is 5.82. The molecule has 0 bridgehead atoms. The number of sulfonamides is 1. The number of fused-ring (bicyclic) bond motifs is 1. The minimum Gasteiger partial charge on any atom is -0.483 e. The molecule has 8 nitrogen and oxygen atoms in total. The Morgan fingerprint density at radius 1 is 1.20 bits per heavy atom. The summed E-state index contributed by atoms with van der Waals surface area (Å²) in [4.78, 5) is 24.5. The Balaban J connectivity index is 1.43. The summed E-state index contributed by atoms with van der Waals surface area (Å²) in [6.07, 6.45) is 1.88. The zero-order chi connectivity index (χ0) is 21.8. The van der Waals surface area contributed by atoms with Crippen molar-refractivity contribution in [3.63, 3.8) is 0 Å². The second kappa shape index (κ2) is 9.06. The van der Waals surface area contributed by atoms with Crippen molar-refractivity contribution >= 4 is 21.8 Å². The van der Waals surface area contributed by atoms with Gasteiger partial charge in [-0.3, -0.25) is 14.5 Å². The lowest BCUT2D eigenvalue weighted by Gasteiger charge is -2.24. The molecule has 2 aliphatic heterocycles. The van der Waals surface area contributed by atoms with Crippen molar-refractivity contribution in [3.8, 4) is 23.3 Å². The summed E-state index contributed by atoms with van der Waals surface area (Å²) in [7, 11) is -3.65. The monoisotopic (exact) mass is 434 g/mol. The third-order valence-corrected chi connectivity index (χ3v) is 6.13. The molecule has 0 spiro atoms. The molecule has 9 heteroatoms. The number of nitrogens with one attached hydrogen (secondary N) is 1. The Hall–Kier alpha value is -2.57. The molecule has 0 unspecified atom stereocenters. The molecular formula is C21H26N2O6S. The van der Waals surface area contributed by atoms with Crippen LogP contribution in [0.5, 0.6) is 11.5 Å². The van der Waals surface area contributed by atoms with Crippen molar-refractivity contribution in [2.24, 2.45) is 0 Å². The van der Waals surface area contributed by atoms with E-state index in [0.29, 0.717) is 12.2 Å². The molecule has 0 aliphatic carbocycles. The summed E-state index contributed by atoms with van der Waals surface area (Å²) in [6, 6.07) is 5.72. The highest BCUT2D eigenvalue weighted by Crippen LogP contribution is 2.41. The van der Waals surface area contributed by atoms with Gasteiger partial charge in [0, 0.05) is 31.4 Å². The van der Waals surface area contributed by atoms with E-state index in [2.05, 4.69) is 16.6 Å². The van der Waals surface area contributed by atoms with Crippen molar-refractivity contribution in [2.75, 3.05) is 25.4 Å². The highest BCUT2D eigenvalue weighted by atomic mass is 32.2. The summed E-state index contributed by atoms with van der Waals surface area (Å²) >= 11 is 0. The van der Waals surface area contributed by atoms with Crippen molar-refractivity contribution in [1.29, 1.82) is 0 Å². The van der Waals surface area contributed by atoms with Crippen LogP contribution in [0.3, 0.4) is 0 Å². The van der Waals surface area contributed by atoms with Gasteiger partial charge in [0.1, 0.15) is 12.2 Å². The van der Waals surface area contributed by atoms with Crippen LogP contribution in [0.1, 0.15) is 38.7 Å². The minimum absolute atomic E-state index is 0.0794. The first kappa shape index (κ1) is 22.1. The number of amides is 2. The standard InChI is InChI=1S/C21H26N2O6S/c1-21(2)15-16-7-5-8-17(20(16)29-21)28-13-4-3-11-22-30(26,27)14-12-23-18(24)9-6-10-19(23)25/h5,7-8,22H,6,9-15H2,1-2H3. The van der Waals surface area contributed by atoms with Crippen LogP contribution < -0.4 is 14.2 Å². The topological polar surface area (TPSA) is 102 Å². The quantitative estimate of drug-likeness (QED) is 0.512. The first-order chi connectivity index (χ1) is 14.2. The number of rotatable bonds is 7. The lowest BCUT2D eigenvalue weighted by molar-refractivity contribution is -0.147. The molecule has 1 aromatic rings. The smallest absolute Gasteiger partial charge is 0.229 e.